The number of nitrogens with zero attached hydrogens (tertiary/aromatic N) is 2. The molecule has 1 amide bonds. The summed E-state index contributed by atoms with van der Waals surface area (Å²) in [5.41, 5.74) is 3.68. The second-order valence-corrected chi connectivity index (χ2v) is 9.41. The van der Waals surface area contributed by atoms with Crippen molar-refractivity contribution >= 4 is 40.7 Å². The summed E-state index contributed by atoms with van der Waals surface area (Å²) in [6.45, 7) is 5.94. The van der Waals surface area contributed by atoms with Crippen molar-refractivity contribution in [2.75, 3.05) is 26.2 Å². The Balaban J connectivity index is 1.30. The second-order valence-electron chi connectivity index (χ2n) is 8.19. The Morgan fingerprint density at radius 3 is 2.21 bits per heavy atom. The van der Waals surface area contributed by atoms with Crippen molar-refractivity contribution < 1.29 is 9.53 Å². The maximum atomic E-state index is 13.0. The van der Waals surface area contributed by atoms with Crippen molar-refractivity contribution in [2.24, 2.45) is 0 Å². The number of halogens is 3. The van der Waals surface area contributed by atoms with Gasteiger partial charge in [-0.3, -0.25) is 9.69 Å². The molecule has 1 aliphatic rings. The van der Waals surface area contributed by atoms with E-state index < -0.39 is 0 Å². The van der Waals surface area contributed by atoms with Gasteiger partial charge in [-0.2, -0.15) is 0 Å². The molecule has 3 aromatic carbocycles. The third-order valence-electron chi connectivity index (χ3n) is 5.78. The summed E-state index contributed by atoms with van der Waals surface area (Å²) in [6.07, 6.45) is 0. The number of carbonyl (C=O) groups is 1. The Hall–Kier alpha value is -2.24. The summed E-state index contributed by atoms with van der Waals surface area (Å²) >= 11 is 18.8. The third kappa shape index (κ3) is 6.01. The third-order valence-corrected chi connectivity index (χ3v) is 6.81. The van der Waals surface area contributed by atoms with Crippen molar-refractivity contribution in [1.82, 2.24) is 9.80 Å². The molecule has 4 nitrogen and oxygen atoms in total. The largest absolute Gasteiger partial charge is 0.487 e. The monoisotopic (exact) mass is 502 g/mol. The van der Waals surface area contributed by atoms with Crippen LogP contribution in [0.15, 0.2) is 60.7 Å². The van der Waals surface area contributed by atoms with Crippen molar-refractivity contribution in [3.63, 3.8) is 0 Å². The second kappa shape index (κ2) is 10.8. The first-order valence-electron chi connectivity index (χ1n) is 10.8. The first-order valence-corrected chi connectivity index (χ1v) is 12.0. The molecule has 7 heteroatoms. The quantitative estimate of drug-likeness (QED) is 0.385. The molecule has 0 bridgehead atoms. The van der Waals surface area contributed by atoms with Gasteiger partial charge in [0.1, 0.15) is 12.4 Å². The van der Waals surface area contributed by atoms with Crippen molar-refractivity contribution in [3.8, 4) is 5.75 Å². The number of benzene rings is 3. The molecule has 1 fully saturated rings. The molecule has 3 aromatic rings. The minimum absolute atomic E-state index is 0.0413. The topological polar surface area (TPSA) is 32.8 Å². The number of ether oxygens (including phenoxy) is 1. The van der Waals surface area contributed by atoms with Crippen molar-refractivity contribution in [1.29, 1.82) is 0 Å². The van der Waals surface area contributed by atoms with Crippen molar-refractivity contribution in [2.45, 2.75) is 20.1 Å². The van der Waals surface area contributed by atoms with Gasteiger partial charge in [0, 0.05) is 53.9 Å². The van der Waals surface area contributed by atoms with Crippen LogP contribution in [0, 0.1) is 6.92 Å². The van der Waals surface area contributed by atoms with Gasteiger partial charge in [-0.25, -0.2) is 0 Å². The number of piperazine rings is 1. The highest BCUT2D eigenvalue weighted by Crippen LogP contribution is 2.27. The molecule has 0 saturated carbocycles. The average molecular weight is 504 g/mol. The number of amides is 1. The predicted molar refractivity (Wildman–Crippen MR) is 135 cm³/mol. The number of rotatable bonds is 6. The highest BCUT2D eigenvalue weighted by molar-refractivity contribution is 6.36. The molecule has 0 radical (unpaired) electrons. The minimum atomic E-state index is 0.0413. The predicted octanol–water partition coefficient (Wildman–Crippen LogP) is 6.49. The van der Waals surface area contributed by atoms with E-state index in [1.54, 1.807) is 0 Å². The molecule has 33 heavy (non-hydrogen) atoms. The van der Waals surface area contributed by atoms with Gasteiger partial charge >= 0.3 is 0 Å². The van der Waals surface area contributed by atoms with E-state index in [2.05, 4.69) is 4.90 Å². The molecule has 0 aromatic heterocycles. The van der Waals surface area contributed by atoms with E-state index in [1.165, 1.54) is 0 Å². The zero-order valence-corrected chi connectivity index (χ0v) is 20.6. The van der Waals surface area contributed by atoms with Gasteiger partial charge in [-0.1, -0.05) is 59.1 Å². The Morgan fingerprint density at radius 2 is 1.55 bits per heavy atom. The lowest BCUT2D eigenvalue weighted by molar-refractivity contribution is 0.0628. The molecule has 0 atom stereocenters. The molecule has 1 heterocycles. The number of hydrogen-bond donors (Lipinski definition) is 0. The fraction of sp³-hybridized carbons (Fsp3) is 0.269. The molecule has 0 unspecified atom stereocenters. The molecule has 0 spiro atoms. The molecule has 172 valence electrons. The smallest absolute Gasteiger partial charge is 0.253 e. The van der Waals surface area contributed by atoms with Gasteiger partial charge in [-0.05, 0) is 54.4 Å². The van der Waals surface area contributed by atoms with Gasteiger partial charge in [0.2, 0.25) is 0 Å². The maximum Gasteiger partial charge on any atom is 0.253 e. The number of aryl methyl sites for hydroxylation is 1. The molecule has 1 saturated heterocycles. The van der Waals surface area contributed by atoms with Crippen LogP contribution in [0.2, 0.25) is 15.1 Å². The van der Waals surface area contributed by atoms with E-state index >= 15 is 0 Å². The fourth-order valence-electron chi connectivity index (χ4n) is 3.82. The Bertz CT molecular complexity index is 1110. The summed E-state index contributed by atoms with van der Waals surface area (Å²) in [5, 5.41) is 1.94. The van der Waals surface area contributed by atoms with Gasteiger partial charge in [0.05, 0.1) is 5.02 Å². The first kappa shape index (κ1) is 23.9. The van der Waals surface area contributed by atoms with Crippen LogP contribution < -0.4 is 4.74 Å². The standard InChI is InChI=1S/C26H25Cl3N2O2/c1-18-5-10-24(29)25(15-18)33-17-19-6-8-20(9-7-19)26(32)31-13-11-30(12-14-31)16-21-22(27)3-2-4-23(21)28/h2-10,15H,11-14,16-17H2,1H3. The maximum absolute atomic E-state index is 13.0. The first-order chi connectivity index (χ1) is 15.9. The summed E-state index contributed by atoms with van der Waals surface area (Å²) in [5.74, 6) is 0.701. The van der Waals surface area contributed by atoms with Crippen LogP contribution in [0.1, 0.15) is 27.0 Å². The minimum Gasteiger partial charge on any atom is -0.487 e. The van der Waals surface area contributed by atoms with Crippen LogP contribution in [0.3, 0.4) is 0 Å². The van der Waals surface area contributed by atoms with E-state index in [4.69, 9.17) is 39.5 Å². The van der Waals surface area contributed by atoms with E-state index in [-0.39, 0.29) is 5.91 Å². The van der Waals surface area contributed by atoms with Crippen LogP contribution in [-0.2, 0) is 13.2 Å². The number of hydrogen-bond acceptors (Lipinski definition) is 3. The molecular formula is C26H25Cl3N2O2. The fourth-order valence-corrected chi connectivity index (χ4v) is 4.51. The zero-order valence-electron chi connectivity index (χ0n) is 18.4. The molecule has 0 aliphatic carbocycles. The van der Waals surface area contributed by atoms with E-state index in [0.29, 0.717) is 52.6 Å². The van der Waals surface area contributed by atoms with Crippen LogP contribution in [0.5, 0.6) is 5.75 Å². The number of carbonyl (C=O) groups excluding carboxylic acids is 1. The Morgan fingerprint density at radius 1 is 0.879 bits per heavy atom. The van der Waals surface area contributed by atoms with Gasteiger partial charge in [0.25, 0.3) is 5.91 Å². The van der Waals surface area contributed by atoms with Gasteiger partial charge in [-0.15, -0.1) is 0 Å². The summed E-state index contributed by atoms with van der Waals surface area (Å²) in [6, 6.07) is 18.8. The average Bonchev–Trinajstić information content (AvgIpc) is 2.82. The lowest BCUT2D eigenvalue weighted by Gasteiger charge is -2.35. The lowest BCUT2D eigenvalue weighted by atomic mass is 10.1. The van der Waals surface area contributed by atoms with E-state index in [1.807, 2.05) is 72.5 Å². The van der Waals surface area contributed by atoms with Crippen molar-refractivity contribution in [3.05, 3.63) is 98.0 Å². The highest BCUT2D eigenvalue weighted by atomic mass is 35.5. The van der Waals surface area contributed by atoms with Gasteiger partial charge < -0.3 is 9.64 Å². The van der Waals surface area contributed by atoms with Crippen LogP contribution in [0.4, 0.5) is 0 Å². The summed E-state index contributed by atoms with van der Waals surface area (Å²) in [7, 11) is 0. The molecule has 4 rings (SSSR count). The Kier molecular flexibility index (Phi) is 7.82. The summed E-state index contributed by atoms with van der Waals surface area (Å²) < 4.78 is 5.85. The Labute approximate surface area is 209 Å². The zero-order chi connectivity index (χ0) is 23.4. The summed E-state index contributed by atoms with van der Waals surface area (Å²) in [4.78, 5) is 17.1. The lowest BCUT2D eigenvalue weighted by Crippen LogP contribution is -2.48. The van der Waals surface area contributed by atoms with Crippen LogP contribution in [0.25, 0.3) is 0 Å². The normalized spacial score (nSPS) is 14.4. The molecule has 0 N–H and O–H groups in total. The van der Waals surface area contributed by atoms with Crippen LogP contribution >= 0.6 is 34.8 Å². The van der Waals surface area contributed by atoms with E-state index in [9.17, 15) is 4.79 Å². The van der Waals surface area contributed by atoms with E-state index in [0.717, 1.165) is 29.8 Å². The molecule has 1 aliphatic heterocycles. The van der Waals surface area contributed by atoms with Gasteiger partial charge in [0.15, 0.2) is 0 Å². The SMILES string of the molecule is Cc1ccc(Cl)c(OCc2ccc(C(=O)N3CCN(Cc4c(Cl)cccc4Cl)CC3)cc2)c1. The molecular weight excluding hydrogens is 479 g/mol. The van der Waals surface area contributed by atoms with Crippen LogP contribution in [-0.4, -0.2) is 41.9 Å². The highest BCUT2D eigenvalue weighted by Gasteiger charge is 2.23.